The number of hydrogen-bond acceptors (Lipinski definition) is 5. The average Bonchev–Trinajstić information content (AvgIpc) is 3.35. The molecule has 1 amide bonds. The molecule has 2 aliphatic rings. The van der Waals surface area contributed by atoms with Gasteiger partial charge in [0.1, 0.15) is 12.2 Å². The van der Waals surface area contributed by atoms with Gasteiger partial charge in [-0.25, -0.2) is 0 Å². The van der Waals surface area contributed by atoms with Crippen molar-refractivity contribution in [2.45, 2.75) is 38.6 Å². The lowest BCUT2D eigenvalue weighted by Gasteiger charge is -2.43. The summed E-state index contributed by atoms with van der Waals surface area (Å²) in [7, 11) is 2.01. The van der Waals surface area contributed by atoms with Crippen LogP contribution in [0.5, 0.6) is 0 Å². The quantitative estimate of drug-likeness (QED) is 0.830. The Labute approximate surface area is 158 Å². The highest BCUT2D eigenvalue weighted by Gasteiger charge is 2.51. The van der Waals surface area contributed by atoms with E-state index in [-0.39, 0.29) is 17.2 Å². The Morgan fingerprint density at radius 2 is 2.12 bits per heavy atom. The largest absolute Gasteiger partial charge is 0.337 e. The first-order chi connectivity index (χ1) is 12.5. The highest BCUT2D eigenvalue weighted by molar-refractivity contribution is 7.12. The van der Waals surface area contributed by atoms with Gasteiger partial charge in [-0.2, -0.15) is 0 Å². The van der Waals surface area contributed by atoms with E-state index in [1.54, 1.807) is 6.33 Å². The molecule has 26 heavy (non-hydrogen) atoms. The minimum absolute atomic E-state index is 0.110. The van der Waals surface area contributed by atoms with Gasteiger partial charge in [-0.1, -0.05) is 6.07 Å². The number of piperidine rings is 1. The van der Waals surface area contributed by atoms with Crippen molar-refractivity contribution in [1.82, 2.24) is 24.6 Å². The van der Waals surface area contributed by atoms with Gasteiger partial charge in [-0.15, -0.1) is 21.5 Å². The van der Waals surface area contributed by atoms with E-state index in [9.17, 15) is 4.79 Å². The summed E-state index contributed by atoms with van der Waals surface area (Å²) >= 11 is 1.53. The molecule has 0 aromatic carbocycles. The fourth-order valence-corrected chi connectivity index (χ4v) is 5.33. The Bertz CT molecular complexity index is 761. The maximum absolute atomic E-state index is 13.0. The Balaban J connectivity index is 1.62. The number of thiophene rings is 1. The van der Waals surface area contributed by atoms with Crippen LogP contribution in [0, 0.1) is 5.41 Å². The van der Waals surface area contributed by atoms with E-state index in [0.717, 1.165) is 49.7 Å². The Hall–Kier alpha value is -1.73. The molecule has 1 unspecified atom stereocenters. The minimum atomic E-state index is 0.110. The average molecular weight is 374 g/mol. The van der Waals surface area contributed by atoms with E-state index in [1.807, 2.05) is 29.1 Å². The van der Waals surface area contributed by atoms with Crippen molar-refractivity contribution in [3.63, 3.8) is 0 Å². The van der Waals surface area contributed by atoms with Crippen LogP contribution in [0.2, 0.25) is 0 Å². The summed E-state index contributed by atoms with van der Waals surface area (Å²) < 4.78 is 2.03. The van der Waals surface area contributed by atoms with Crippen LogP contribution in [0.15, 0.2) is 23.8 Å². The van der Waals surface area contributed by atoms with E-state index in [1.165, 1.54) is 11.3 Å². The van der Waals surface area contributed by atoms with Gasteiger partial charge in [0.05, 0.1) is 4.88 Å². The zero-order valence-electron chi connectivity index (χ0n) is 15.8. The molecular formula is C19H27N5OS. The van der Waals surface area contributed by atoms with Crippen molar-refractivity contribution in [2.75, 3.05) is 26.2 Å². The van der Waals surface area contributed by atoms with Crippen molar-refractivity contribution in [3.8, 4) is 0 Å². The number of rotatable bonds is 3. The van der Waals surface area contributed by atoms with Crippen LogP contribution in [-0.4, -0.2) is 62.7 Å². The van der Waals surface area contributed by atoms with E-state index in [4.69, 9.17) is 0 Å². The molecule has 7 heteroatoms. The number of amides is 1. The molecule has 4 heterocycles. The van der Waals surface area contributed by atoms with E-state index < -0.39 is 0 Å². The molecule has 2 fully saturated rings. The molecule has 6 nitrogen and oxygen atoms in total. The van der Waals surface area contributed by atoms with Crippen molar-refractivity contribution in [3.05, 3.63) is 34.5 Å². The number of carbonyl (C=O) groups excluding carboxylic acids is 1. The normalized spacial score (nSPS) is 23.2. The molecule has 2 aromatic heterocycles. The molecule has 4 rings (SSSR count). The number of aryl methyl sites for hydroxylation is 1. The first-order valence-corrected chi connectivity index (χ1v) is 10.3. The zero-order chi connectivity index (χ0) is 18.3. The summed E-state index contributed by atoms with van der Waals surface area (Å²) in [4.78, 5) is 18.4. The molecule has 2 aliphatic heterocycles. The maximum Gasteiger partial charge on any atom is 0.263 e. The second-order valence-corrected chi connectivity index (χ2v) is 8.96. The number of aromatic nitrogens is 3. The smallest absolute Gasteiger partial charge is 0.263 e. The van der Waals surface area contributed by atoms with Gasteiger partial charge in [0, 0.05) is 37.5 Å². The summed E-state index contributed by atoms with van der Waals surface area (Å²) in [6, 6.07) is 4.45. The first kappa shape index (κ1) is 17.7. The lowest BCUT2D eigenvalue weighted by Crippen LogP contribution is -2.46. The van der Waals surface area contributed by atoms with Crippen molar-refractivity contribution in [2.24, 2.45) is 12.5 Å². The third-order valence-electron chi connectivity index (χ3n) is 6.25. The van der Waals surface area contributed by atoms with Crippen LogP contribution in [0.3, 0.4) is 0 Å². The summed E-state index contributed by atoms with van der Waals surface area (Å²) in [6.07, 6.45) is 3.99. The predicted octanol–water partition coefficient (Wildman–Crippen LogP) is 2.61. The Morgan fingerprint density at radius 1 is 1.35 bits per heavy atom. The molecule has 2 aromatic rings. The summed E-state index contributed by atoms with van der Waals surface area (Å²) in [6.45, 7) is 8.27. The molecule has 0 N–H and O–H groups in total. The number of carbonyl (C=O) groups is 1. The molecule has 0 saturated carbocycles. The van der Waals surface area contributed by atoms with Gasteiger partial charge >= 0.3 is 0 Å². The van der Waals surface area contributed by atoms with Crippen LogP contribution >= 0.6 is 11.3 Å². The Kier molecular flexibility index (Phi) is 4.61. The van der Waals surface area contributed by atoms with E-state index in [2.05, 4.69) is 33.8 Å². The predicted molar refractivity (Wildman–Crippen MR) is 102 cm³/mol. The lowest BCUT2D eigenvalue weighted by atomic mass is 9.70. The molecule has 1 spiro atoms. The molecule has 2 saturated heterocycles. The Morgan fingerprint density at radius 3 is 2.69 bits per heavy atom. The topological polar surface area (TPSA) is 54.3 Å². The van der Waals surface area contributed by atoms with Crippen LogP contribution < -0.4 is 0 Å². The highest BCUT2D eigenvalue weighted by Crippen LogP contribution is 2.49. The number of likely N-dealkylation sites (tertiary alicyclic amines) is 2. The third-order valence-corrected chi connectivity index (χ3v) is 7.11. The first-order valence-electron chi connectivity index (χ1n) is 9.41. The molecular weight excluding hydrogens is 346 g/mol. The summed E-state index contributed by atoms with van der Waals surface area (Å²) in [5.74, 6) is 1.44. The van der Waals surface area contributed by atoms with Crippen molar-refractivity contribution >= 4 is 17.2 Å². The van der Waals surface area contributed by atoms with Gasteiger partial charge in [0.2, 0.25) is 0 Å². The van der Waals surface area contributed by atoms with Crippen LogP contribution in [0.4, 0.5) is 0 Å². The van der Waals surface area contributed by atoms with Gasteiger partial charge < -0.3 is 14.4 Å². The standard InChI is InChI=1S/C19H27N5OS/c1-14(2)23-8-6-19(7-9-23)12-24(18(25)16-5-4-10-26-16)11-15(19)17-21-20-13-22(17)3/h4-5,10,13-15H,6-9,11-12H2,1-3H3. The van der Waals surface area contributed by atoms with Gasteiger partial charge in [0.25, 0.3) is 5.91 Å². The van der Waals surface area contributed by atoms with Gasteiger partial charge in [0.15, 0.2) is 0 Å². The highest BCUT2D eigenvalue weighted by atomic mass is 32.1. The zero-order valence-corrected chi connectivity index (χ0v) is 16.6. The van der Waals surface area contributed by atoms with E-state index >= 15 is 0 Å². The van der Waals surface area contributed by atoms with Crippen molar-refractivity contribution < 1.29 is 4.79 Å². The molecule has 0 aliphatic carbocycles. The summed E-state index contributed by atoms with van der Waals surface area (Å²) in [5.41, 5.74) is 0.110. The van der Waals surface area contributed by atoms with Crippen LogP contribution in [0.25, 0.3) is 0 Å². The number of hydrogen-bond donors (Lipinski definition) is 0. The fourth-order valence-electron chi connectivity index (χ4n) is 4.64. The molecule has 0 radical (unpaired) electrons. The summed E-state index contributed by atoms with van der Waals surface area (Å²) in [5, 5.41) is 10.5. The molecule has 140 valence electrons. The SMILES string of the molecule is CC(C)N1CCC2(CC1)CN(C(=O)c1cccs1)CC2c1nncn1C. The minimum Gasteiger partial charge on any atom is -0.337 e. The van der Waals surface area contributed by atoms with Crippen molar-refractivity contribution in [1.29, 1.82) is 0 Å². The fraction of sp³-hybridized carbons (Fsp3) is 0.632. The molecule has 1 atom stereocenters. The molecule has 0 bridgehead atoms. The van der Waals surface area contributed by atoms with Crippen LogP contribution in [-0.2, 0) is 7.05 Å². The van der Waals surface area contributed by atoms with Gasteiger partial charge in [-0.05, 0) is 51.2 Å². The maximum atomic E-state index is 13.0. The lowest BCUT2D eigenvalue weighted by molar-refractivity contribution is 0.0649. The second kappa shape index (κ2) is 6.78. The number of nitrogens with zero attached hydrogens (tertiary/aromatic N) is 5. The second-order valence-electron chi connectivity index (χ2n) is 8.01. The monoisotopic (exact) mass is 373 g/mol. The van der Waals surface area contributed by atoms with Gasteiger partial charge in [-0.3, -0.25) is 4.79 Å². The van der Waals surface area contributed by atoms with E-state index in [0.29, 0.717) is 6.04 Å². The third kappa shape index (κ3) is 2.97. The van der Waals surface area contributed by atoms with Crippen LogP contribution in [0.1, 0.15) is 48.1 Å².